The number of benzene rings is 2. The second kappa shape index (κ2) is 9.07. The van der Waals surface area contributed by atoms with Crippen molar-refractivity contribution in [3.63, 3.8) is 0 Å². The minimum atomic E-state index is -3.46. The lowest BCUT2D eigenvalue weighted by Gasteiger charge is -2.36. The first-order valence-corrected chi connectivity index (χ1v) is 11.4. The predicted octanol–water partition coefficient (Wildman–Crippen LogP) is 3.10. The highest BCUT2D eigenvalue weighted by atomic mass is 32.2. The molecule has 2 aromatic rings. The van der Waals surface area contributed by atoms with Crippen molar-refractivity contribution in [1.82, 2.24) is 9.62 Å². The highest BCUT2D eigenvalue weighted by molar-refractivity contribution is 7.89. The van der Waals surface area contributed by atoms with E-state index >= 15 is 0 Å². The molecule has 0 radical (unpaired) electrons. The van der Waals surface area contributed by atoms with Crippen LogP contribution in [0.5, 0.6) is 0 Å². The van der Waals surface area contributed by atoms with Crippen LogP contribution < -0.4 is 9.62 Å². The molecular formula is C22H31N3O2S. The van der Waals surface area contributed by atoms with Gasteiger partial charge in [-0.1, -0.05) is 35.9 Å². The molecule has 0 aromatic heterocycles. The van der Waals surface area contributed by atoms with E-state index < -0.39 is 10.0 Å². The maximum atomic E-state index is 12.7. The molecular weight excluding hydrogens is 370 g/mol. The largest absolute Gasteiger partial charge is 0.369 e. The molecule has 28 heavy (non-hydrogen) atoms. The van der Waals surface area contributed by atoms with Gasteiger partial charge in [0.1, 0.15) is 0 Å². The highest BCUT2D eigenvalue weighted by Crippen LogP contribution is 2.21. The number of nitrogens with one attached hydrogen (secondary N) is 1. The fourth-order valence-electron chi connectivity index (χ4n) is 4.04. The minimum Gasteiger partial charge on any atom is -0.369 e. The average molecular weight is 402 g/mol. The third-order valence-electron chi connectivity index (χ3n) is 5.31. The van der Waals surface area contributed by atoms with Crippen molar-refractivity contribution >= 4 is 15.7 Å². The first-order chi connectivity index (χ1) is 13.4. The second-order valence-electron chi connectivity index (χ2n) is 7.64. The van der Waals surface area contributed by atoms with Gasteiger partial charge in [-0.2, -0.15) is 0 Å². The molecule has 0 saturated carbocycles. The van der Waals surface area contributed by atoms with Gasteiger partial charge in [-0.25, -0.2) is 13.1 Å². The number of aryl methyl sites for hydroxylation is 3. The third-order valence-corrected chi connectivity index (χ3v) is 7.08. The predicted molar refractivity (Wildman–Crippen MR) is 116 cm³/mol. The Kier molecular flexibility index (Phi) is 6.75. The number of anilines is 1. The Morgan fingerprint density at radius 3 is 2.14 bits per heavy atom. The quantitative estimate of drug-likeness (QED) is 0.725. The molecule has 2 aromatic carbocycles. The zero-order valence-electron chi connectivity index (χ0n) is 17.1. The average Bonchev–Trinajstić information content (AvgIpc) is 2.65. The van der Waals surface area contributed by atoms with Gasteiger partial charge in [0, 0.05) is 38.4 Å². The lowest BCUT2D eigenvalue weighted by molar-refractivity contribution is 0.255. The zero-order chi connectivity index (χ0) is 20.1. The van der Waals surface area contributed by atoms with Crippen LogP contribution in [0.3, 0.4) is 0 Å². The van der Waals surface area contributed by atoms with Crippen LogP contribution >= 0.6 is 0 Å². The van der Waals surface area contributed by atoms with Crippen LogP contribution in [-0.4, -0.2) is 52.6 Å². The molecule has 1 N–H and O–H groups in total. The molecule has 0 spiro atoms. The number of para-hydroxylation sites is 1. The van der Waals surface area contributed by atoms with Gasteiger partial charge in [0.15, 0.2) is 0 Å². The second-order valence-corrected chi connectivity index (χ2v) is 9.35. The minimum absolute atomic E-state index is 0.426. The Morgan fingerprint density at radius 2 is 1.54 bits per heavy atom. The Balaban J connectivity index is 1.45. The van der Waals surface area contributed by atoms with Crippen LogP contribution in [0.15, 0.2) is 47.4 Å². The monoisotopic (exact) mass is 401 g/mol. The number of hydrogen-bond acceptors (Lipinski definition) is 4. The lowest BCUT2D eigenvalue weighted by atomic mass is 10.1. The van der Waals surface area contributed by atoms with Gasteiger partial charge in [-0.05, 0) is 57.0 Å². The lowest BCUT2D eigenvalue weighted by Crippen LogP contribution is -2.47. The van der Waals surface area contributed by atoms with E-state index in [1.165, 1.54) is 5.69 Å². The standard InChI is InChI=1S/C22H31N3O2S/c1-18-16-19(2)22(20(3)17-18)28(26,27)23-10-7-11-24-12-14-25(15-13-24)21-8-5-4-6-9-21/h4-6,8-9,16-17,23H,7,10-15H2,1-3H3. The molecule has 0 amide bonds. The number of nitrogens with zero attached hydrogens (tertiary/aromatic N) is 2. The van der Waals surface area contributed by atoms with Crippen molar-refractivity contribution in [1.29, 1.82) is 0 Å². The van der Waals surface area contributed by atoms with Gasteiger partial charge >= 0.3 is 0 Å². The topological polar surface area (TPSA) is 52.7 Å². The van der Waals surface area contributed by atoms with Crippen molar-refractivity contribution in [2.75, 3.05) is 44.2 Å². The third kappa shape index (κ3) is 5.13. The van der Waals surface area contributed by atoms with Crippen LogP contribution in [0.25, 0.3) is 0 Å². The first-order valence-electron chi connectivity index (χ1n) is 9.97. The van der Waals surface area contributed by atoms with Crippen molar-refractivity contribution in [3.05, 3.63) is 59.2 Å². The summed E-state index contributed by atoms with van der Waals surface area (Å²) in [5, 5.41) is 0. The molecule has 1 aliphatic rings. The van der Waals surface area contributed by atoms with E-state index in [9.17, 15) is 8.42 Å². The molecule has 0 atom stereocenters. The maximum Gasteiger partial charge on any atom is 0.241 e. The van der Waals surface area contributed by atoms with E-state index in [-0.39, 0.29) is 0 Å². The van der Waals surface area contributed by atoms with E-state index in [4.69, 9.17) is 0 Å². The van der Waals surface area contributed by atoms with Crippen molar-refractivity contribution in [3.8, 4) is 0 Å². The van der Waals surface area contributed by atoms with E-state index in [0.717, 1.165) is 55.8 Å². The summed E-state index contributed by atoms with van der Waals surface area (Å²) < 4.78 is 28.2. The van der Waals surface area contributed by atoms with Gasteiger partial charge in [0.05, 0.1) is 4.90 Å². The summed E-state index contributed by atoms with van der Waals surface area (Å²) >= 11 is 0. The molecule has 6 heteroatoms. The van der Waals surface area contributed by atoms with Crippen LogP contribution in [0.2, 0.25) is 0 Å². The Hall–Kier alpha value is -1.89. The molecule has 3 rings (SSSR count). The Morgan fingerprint density at radius 1 is 0.929 bits per heavy atom. The zero-order valence-corrected chi connectivity index (χ0v) is 17.9. The Bertz CT molecular complexity index is 866. The smallest absolute Gasteiger partial charge is 0.241 e. The van der Waals surface area contributed by atoms with Crippen LogP contribution in [0.1, 0.15) is 23.1 Å². The summed E-state index contributed by atoms with van der Waals surface area (Å²) in [6.45, 7) is 11.1. The van der Waals surface area contributed by atoms with Crippen molar-refractivity contribution in [2.24, 2.45) is 0 Å². The van der Waals surface area contributed by atoms with Gasteiger partial charge in [-0.3, -0.25) is 4.90 Å². The number of piperazine rings is 1. The van der Waals surface area contributed by atoms with Crippen LogP contribution in [0.4, 0.5) is 5.69 Å². The summed E-state index contributed by atoms with van der Waals surface area (Å²) in [6, 6.07) is 14.3. The Labute approximate surface area is 169 Å². The number of rotatable bonds is 7. The van der Waals surface area contributed by atoms with Gasteiger partial charge in [0.25, 0.3) is 0 Å². The van der Waals surface area contributed by atoms with Crippen LogP contribution in [0, 0.1) is 20.8 Å². The van der Waals surface area contributed by atoms with Gasteiger partial charge < -0.3 is 4.90 Å². The summed E-state index contributed by atoms with van der Waals surface area (Å²) in [4.78, 5) is 5.24. The van der Waals surface area contributed by atoms with E-state index in [1.807, 2.05) is 39.0 Å². The van der Waals surface area contributed by atoms with E-state index in [0.29, 0.717) is 11.4 Å². The summed E-state index contributed by atoms with van der Waals surface area (Å²) in [5.74, 6) is 0. The normalized spacial score (nSPS) is 15.8. The number of hydrogen-bond donors (Lipinski definition) is 1. The molecule has 152 valence electrons. The molecule has 1 saturated heterocycles. The highest BCUT2D eigenvalue weighted by Gasteiger charge is 2.20. The molecule has 0 aliphatic carbocycles. The first kappa shape index (κ1) is 20.8. The summed E-state index contributed by atoms with van der Waals surface area (Å²) in [6.07, 6.45) is 0.814. The van der Waals surface area contributed by atoms with Gasteiger partial charge in [-0.15, -0.1) is 0 Å². The summed E-state index contributed by atoms with van der Waals surface area (Å²) in [7, 11) is -3.46. The molecule has 1 heterocycles. The maximum absolute atomic E-state index is 12.7. The fourth-order valence-corrected chi connectivity index (χ4v) is 5.56. The van der Waals surface area contributed by atoms with Crippen LogP contribution in [-0.2, 0) is 10.0 Å². The summed E-state index contributed by atoms with van der Waals surface area (Å²) in [5.41, 5.74) is 3.98. The fraction of sp³-hybridized carbons (Fsp3) is 0.455. The van der Waals surface area contributed by atoms with Crippen molar-refractivity contribution < 1.29 is 8.42 Å². The number of sulfonamides is 1. The molecule has 0 bridgehead atoms. The van der Waals surface area contributed by atoms with Gasteiger partial charge in [0.2, 0.25) is 10.0 Å². The molecule has 5 nitrogen and oxygen atoms in total. The SMILES string of the molecule is Cc1cc(C)c(S(=O)(=O)NCCCN2CCN(c3ccccc3)CC2)c(C)c1. The van der Waals surface area contributed by atoms with Crippen molar-refractivity contribution in [2.45, 2.75) is 32.1 Å². The van der Waals surface area contributed by atoms with E-state index in [1.54, 1.807) is 0 Å². The molecule has 1 aliphatic heterocycles. The molecule has 0 unspecified atom stereocenters. The van der Waals surface area contributed by atoms with E-state index in [2.05, 4.69) is 38.8 Å². The molecule has 1 fully saturated rings.